The SMILES string of the molecule is CC1CN(S(=O)(=O)N2CCN(C(=O)CCN3C(=O)c4ccccc4C3=O)CC2)CC(C)O1. The topological polar surface area (TPSA) is 108 Å². The lowest BCUT2D eigenvalue weighted by molar-refractivity contribution is -0.132. The number of imide groups is 1. The van der Waals surface area contributed by atoms with Crippen molar-refractivity contribution in [3.63, 3.8) is 0 Å². The third-order valence-electron chi connectivity index (χ3n) is 6.06. The number of nitrogens with zero attached hydrogens (tertiary/aromatic N) is 4. The Balaban J connectivity index is 1.30. The predicted molar refractivity (Wildman–Crippen MR) is 115 cm³/mol. The van der Waals surface area contributed by atoms with E-state index < -0.39 is 10.2 Å². The van der Waals surface area contributed by atoms with Gasteiger partial charge in [0.15, 0.2) is 0 Å². The van der Waals surface area contributed by atoms with Crippen molar-refractivity contribution >= 4 is 27.9 Å². The standard InChI is InChI=1S/C21H28N4O6S/c1-15-13-24(14-16(2)31-15)32(29,30)23-11-9-22(10-12-23)19(26)7-8-25-20(27)17-5-3-4-6-18(17)21(25)28/h3-6,15-16H,7-14H2,1-2H3. The van der Waals surface area contributed by atoms with Crippen LogP contribution in [0.3, 0.4) is 0 Å². The molecule has 1 aromatic rings. The van der Waals surface area contributed by atoms with E-state index in [1.807, 2.05) is 13.8 Å². The average molecular weight is 465 g/mol. The van der Waals surface area contributed by atoms with Crippen LogP contribution in [0.25, 0.3) is 0 Å². The minimum absolute atomic E-state index is 0.00719. The van der Waals surface area contributed by atoms with Gasteiger partial charge in [0.2, 0.25) is 5.91 Å². The summed E-state index contributed by atoms with van der Waals surface area (Å²) in [5.74, 6) is -0.973. The van der Waals surface area contributed by atoms with Crippen molar-refractivity contribution in [2.24, 2.45) is 0 Å². The normalized spacial score (nSPS) is 25.3. The van der Waals surface area contributed by atoms with E-state index in [2.05, 4.69) is 0 Å². The van der Waals surface area contributed by atoms with Crippen molar-refractivity contribution in [1.29, 1.82) is 0 Å². The van der Waals surface area contributed by atoms with Crippen molar-refractivity contribution in [3.8, 4) is 0 Å². The maximum atomic E-state index is 13.0. The zero-order valence-corrected chi connectivity index (χ0v) is 19.1. The van der Waals surface area contributed by atoms with Gasteiger partial charge in [-0.25, -0.2) is 0 Å². The molecule has 0 aromatic heterocycles. The van der Waals surface area contributed by atoms with Gasteiger partial charge in [0, 0.05) is 52.2 Å². The molecule has 0 spiro atoms. The number of morpholine rings is 1. The molecule has 174 valence electrons. The van der Waals surface area contributed by atoms with Gasteiger partial charge in [-0.2, -0.15) is 17.0 Å². The number of rotatable bonds is 5. The highest BCUT2D eigenvalue weighted by Gasteiger charge is 2.38. The third-order valence-corrected chi connectivity index (χ3v) is 8.03. The van der Waals surface area contributed by atoms with Crippen molar-refractivity contribution in [3.05, 3.63) is 35.4 Å². The smallest absolute Gasteiger partial charge is 0.282 e. The Morgan fingerprint density at radius 3 is 2.00 bits per heavy atom. The summed E-state index contributed by atoms with van der Waals surface area (Å²) in [6.45, 7) is 5.30. The minimum Gasteiger partial charge on any atom is -0.373 e. The molecule has 0 aliphatic carbocycles. The van der Waals surface area contributed by atoms with Crippen LogP contribution in [0.4, 0.5) is 0 Å². The molecule has 3 amide bonds. The van der Waals surface area contributed by atoms with E-state index in [1.165, 1.54) is 8.61 Å². The molecule has 2 unspecified atom stereocenters. The maximum absolute atomic E-state index is 13.0. The van der Waals surface area contributed by atoms with Gasteiger partial charge in [-0.1, -0.05) is 12.1 Å². The van der Waals surface area contributed by atoms with Gasteiger partial charge in [0.25, 0.3) is 22.0 Å². The third kappa shape index (κ3) is 4.29. The van der Waals surface area contributed by atoms with Crippen molar-refractivity contribution in [1.82, 2.24) is 18.4 Å². The molecule has 32 heavy (non-hydrogen) atoms. The molecule has 0 radical (unpaired) electrons. The first kappa shape index (κ1) is 22.8. The number of fused-ring (bicyclic) bond motifs is 1. The summed E-state index contributed by atoms with van der Waals surface area (Å²) < 4.78 is 34.5. The zero-order valence-electron chi connectivity index (χ0n) is 18.3. The molecule has 0 N–H and O–H groups in total. The van der Waals surface area contributed by atoms with Crippen LogP contribution in [0.2, 0.25) is 0 Å². The molecule has 10 nitrogen and oxygen atoms in total. The second kappa shape index (κ2) is 8.89. The van der Waals surface area contributed by atoms with Crippen LogP contribution < -0.4 is 0 Å². The minimum atomic E-state index is -3.62. The van der Waals surface area contributed by atoms with Gasteiger partial charge in [-0.15, -0.1) is 0 Å². The number of carbonyl (C=O) groups excluding carboxylic acids is 3. The average Bonchev–Trinajstić information content (AvgIpc) is 3.01. The molecule has 0 bridgehead atoms. The van der Waals surface area contributed by atoms with E-state index >= 15 is 0 Å². The molecule has 0 saturated carbocycles. The first-order valence-electron chi connectivity index (χ1n) is 10.8. The van der Waals surface area contributed by atoms with E-state index in [0.717, 1.165) is 4.90 Å². The number of amides is 3. The Bertz CT molecular complexity index is 976. The van der Waals surface area contributed by atoms with E-state index in [-0.39, 0.29) is 69.1 Å². The maximum Gasteiger partial charge on any atom is 0.282 e. The molecular formula is C21H28N4O6S. The Labute approximate surface area is 187 Å². The Morgan fingerprint density at radius 2 is 1.47 bits per heavy atom. The summed E-state index contributed by atoms with van der Waals surface area (Å²) in [5, 5.41) is 0. The summed E-state index contributed by atoms with van der Waals surface area (Å²) in [6.07, 6.45) is -0.325. The van der Waals surface area contributed by atoms with Gasteiger partial charge in [-0.05, 0) is 26.0 Å². The summed E-state index contributed by atoms with van der Waals surface area (Å²) in [7, 11) is -3.62. The van der Waals surface area contributed by atoms with Gasteiger partial charge >= 0.3 is 0 Å². The molecule has 2 saturated heterocycles. The highest BCUT2D eigenvalue weighted by Crippen LogP contribution is 2.23. The summed E-state index contributed by atoms with van der Waals surface area (Å²) in [5.41, 5.74) is 0.714. The highest BCUT2D eigenvalue weighted by molar-refractivity contribution is 7.86. The molecule has 11 heteroatoms. The van der Waals surface area contributed by atoms with Crippen molar-refractivity contribution < 1.29 is 27.5 Å². The lowest BCUT2D eigenvalue weighted by Gasteiger charge is -2.40. The summed E-state index contributed by atoms with van der Waals surface area (Å²) in [6, 6.07) is 6.61. The van der Waals surface area contributed by atoms with E-state index in [4.69, 9.17) is 4.74 Å². The molecule has 3 heterocycles. The van der Waals surface area contributed by atoms with E-state index in [0.29, 0.717) is 24.2 Å². The van der Waals surface area contributed by atoms with Crippen LogP contribution in [-0.2, 0) is 19.7 Å². The van der Waals surface area contributed by atoms with E-state index in [9.17, 15) is 22.8 Å². The second-order valence-corrected chi connectivity index (χ2v) is 10.3. The van der Waals surface area contributed by atoms with Crippen molar-refractivity contribution in [2.75, 3.05) is 45.8 Å². The number of hydrogen-bond acceptors (Lipinski definition) is 6. The molecule has 2 atom stereocenters. The van der Waals surface area contributed by atoms with E-state index in [1.54, 1.807) is 29.2 Å². The van der Waals surface area contributed by atoms with Gasteiger partial charge in [0.1, 0.15) is 0 Å². The lowest BCUT2D eigenvalue weighted by Crippen LogP contribution is -2.57. The lowest BCUT2D eigenvalue weighted by atomic mass is 10.1. The van der Waals surface area contributed by atoms with Gasteiger partial charge in [0.05, 0.1) is 23.3 Å². The molecule has 1 aromatic carbocycles. The summed E-state index contributed by atoms with van der Waals surface area (Å²) in [4.78, 5) is 40.2. The van der Waals surface area contributed by atoms with Crippen LogP contribution in [-0.4, -0.2) is 103 Å². The molecule has 4 rings (SSSR count). The largest absolute Gasteiger partial charge is 0.373 e. The molecular weight excluding hydrogens is 436 g/mol. The number of piperazine rings is 1. The number of ether oxygens (including phenoxy) is 1. The van der Waals surface area contributed by atoms with Crippen LogP contribution >= 0.6 is 0 Å². The zero-order chi connectivity index (χ0) is 23.0. The fourth-order valence-corrected chi connectivity index (χ4v) is 6.21. The van der Waals surface area contributed by atoms with Crippen molar-refractivity contribution in [2.45, 2.75) is 32.5 Å². The first-order chi connectivity index (χ1) is 15.2. The van der Waals surface area contributed by atoms with Crippen LogP contribution in [0, 0.1) is 0 Å². The Morgan fingerprint density at radius 1 is 0.938 bits per heavy atom. The molecule has 3 aliphatic rings. The second-order valence-electron chi connectivity index (χ2n) is 8.42. The molecule has 3 aliphatic heterocycles. The fourth-order valence-electron chi connectivity index (χ4n) is 4.46. The van der Waals surface area contributed by atoms with Crippen LogP contribution in [0.15, 0.2) is 24.3 Å². The monoisotopic (exact) mass is 464 g/mol. The first-order valence-corrected chi connectivity index (χ1v) is 12.2. The number of hydrogen-bond donors (Lipinski definition) is 0. The van der Waals surface area contributed by atoms with Gasteiger partial charge in [-0.3, -0.25) is 19.3 Å². The van der Waals surface area contributed by atoms with Crippen LogP contribution in [0.1, 0.15) is 41.0 Å². The molecule has 2 fully saturated rings. The highest BCUT2D eigenvalue weighted by atomic mass is 32.2. The Kier molecular flexibility index (Phi) is 6.35. The fraction of sp³-hybridized carbons (Fsp3) is 0.571. The Hall–Kier alpha value is -2.34. The van der Waals surface area contributed by atoms with Crippen LogP contribution in [0.5, 0.6) is 0 Å². The number of carbonyl (C=O) groups is 3. The quantitative estimate of drug-likeness (QED) is 0.575. The predicted octanol–water partition coefficient (Wildman–Crippen LogP) is 0.171. The van der Waals surface area contributed by atoms with Gasteiger partial charge < -0.3 is 9.64 Å². The summed E-state index contributed by atoms with van der Waals surface area (Å²) >= 11 is 0. The number of benzene rings is 1.